The van der Waals surface area contributed by atoms with E-state index in [0.717, 1.165) is 25.9 Å². The molecule has 1 aliphatic rings. The molecule has 0 bridgehead atoms. The SMILES string of the molecule is [N-]=[N+]=NCCCCN(CC(=O)O)CC1CCCC1. The number of carbonyl (C=O) groups is 1. The van der Waals surface area contributed by atoms with Crippen LogP contribution in [0.25, 0.3) is 10.4 Å². The third kappa shape index (κ3) is 6.47. The number of aliphatic carboxylic acids is 1. The summed E-state index contributed by atoms with van der Waals surface area (Å²) in [6.07, 6.45) is 6.73. The summed E-state index contributed by atoms with van der Waals surface area (Å²) in [5, 5.41) is 12.4. The molecule has 0 saturated heterocycles. The van der Waals surface area contributed by atoms with Crippen LogP contribution in [0.3, 0.4) is 0 Å². The summed E-state index contributed by atoms with van der Waals surface area (Å²) >= 11 is 0. The Bertz CT molecular complexity index is 296. The van der Waals surface area contributed by atoms with E-state index >= 15 is 0 Å². The van der Waals surface area contributed by atoms with Crippen molar-refractivity contribution >= 4 is 5.97 Å². The van der Waals surface area contributed by atoms with Gasteiger partial charge in [0.2, 0.25) is 0 Å². The summed E-state index contributed by atoms with van der Waals surface area (Å²) in [7, 11) is 0. The number of hydrogen-bond acceptors (Lipinski definition) is 3. The zero-order valence-electron chi connectivity index (χ0n) is 10.8. The number of carboxylic acids is 1. The fourth-order valence-corrected chi connectivity index (χ4v) is 2.55. The molecule has 102 valence electrons. The van der Waals surface area contributed by atoms with Gasteiger partial charge in [-0.15, -0.1) is 0 Å². The van der Waals surface area contributed by atoms with Crippen molar-refractivity contribution in [3.63, 3.8) is 0 Å². The minimum absolute atomic E-state index is 0.123. The van der Waals surface area contributed by atoms with Crippen LogP contribution >= 0.6 is 0 Å². The van der Waals surface area contributed by atoms with Crippen molar-refractivity contribution in [3.8, 4) is 0 Å². The van der Waals surface area contributed by atoms with Crippen molar-refractivity contribution in [1.82, 2.24) is 4.90 Å². The van der Waals surface area contributed by atoms with Crippen molar-refractivity contribution in [3.05, 3.63) is 10.4 Å². The number of carboxylic acid groups (broad SMARTS) is 1. The highest BCUT2D eigenvalue weighted by Gasteiger charge is 2.19. The average molecular weight is 254 g/mol. The Kier molecular flexibility index (Phi) is 7.22. The minimum atomic E-state index is -0.761. The van der Waals surface area contributed by atoms with Gasteiger partial charge in [-0.1, -0.05) is 18.0 Å². The maximum Gasteiger partial charge on any atom is 0.317 e. The molecular formula is C12H22N4O2. The van der Waals surface area contributed by atoms with Crippen LogP contribution in [0.15, 0.2) is 5.11 Å². The van der Waals surface area contributed by atoms with Crippen LogP contribution in [0.4, 0.5) is 0 Å². The highest BCUT2D eigenvalue weighted by molar-refractivity contribution is 5.69. The highest BCUT2D eigenvalue weighted by atomic mass is 16.4. The molecule has 1 N–H and O–H groups in total. The molecule has 0 spiro atoms. The Morgan fingerprint density at radius 2 is 2.11 bits per heavy atom. The molecule has 0 heterocycles. The molecular weight excluding hydrogens is 232 g/mol. The second-order valence-electron chi connectivity index (χ2n) is 4.94. The molecule has 0 aromatic heterocycles. The monoisotopic (exact) mass is 254 g/mol. The van der Waals surface area contributed by atoms with Crippen molar-refractivity contribution in [2.75, 3.05) is 26.2 Å². The first-order valence-corrected chi connectivity index (χ1v) is 6.67. The largest absolute Gasteiger partial charge is 0.480 e. The quantitative estimate of drug-likeness (QED) is 0.297. The number of azide groups is 1. The lowest BCUT2D eigenvalue weighted by Crippen LogP contribution is -2.34. The third-order valence-corrected chi connectivity index (χ3v) is 3.40. The average Bonchev–Trinajstić information content (AvgIpc) is 2.80. The van der Waals surface area contributed by atoms with Gasteiger partial charge in [0.15, 0.2) is 0 Å². The first kappa shape index (κ1) is 14.8. The first-order valence-electron chi connectivity index (χ1n) is 6.67. The van der Waals surface area contributed by atoms with E-state index in [2.05, 4.69) is 10.0 Å². The van der Waals surface area contributed by atoms with Gasteiger partial charge in [-0.3, -0.25) is 9.69 Å². The molecule has 1 aliphatic carbocycles. The molecule has 1 rings (SSSR count). The van der Waals surface area contributed by atoms with Crippen molar-refractivity contribution < 1.29 is 9.90 Å². The Morgan fingerprint density at radius 3 is 2.72 bits per heavy atom. The third-order valence-electron chi connectivity index (χ3n) is 3.40. The molecule has 0 radical (unpaired) electrons. The van der Waals surface area contributed by atoms with Crippen LogP contribution in [-0.4, -0.2) is 42.2 Å². The highest BCUT2D eigenvalue weighted by Crippen LogP contribution is 2.25. The van der Waals surface area contributed by atoms with Gasteiger partial charge in [-0.25, -0.2) is 0 Å². The second kappa shape index (κ2) is 8.78. The van der Waals surface area contributed by atoms with Gasteiger partial charge < -0.3 is 5.11 Å². The Labute approximate surface area is 108 Å². The predicted molar refractivity (Wildman–Crippen MR) is 69.3 cm³/mol. The van der Waals surface area contributed by atoms with Gasteiger partial charge in [-0.05, 0) is 43.7 Å². The van der Waals surface area contributed by atoms with Crippen LogP contribution in [0.5, 0.6) is 0 Å². The van der Waals surface area contributed by atoms with Gasteiger partial charge in [0.05, 0.1) is 6.54 Å². The van der Waals surface area contributed by atoms with Crippen LogP contribution in [-0.2, 0) is 4.79 Å². The minimum Gasteiger partial charge on any atom is -0.480 e. The van der Waals surface area contributed by atoms with Gasteiger partial charge >= 0.3 is 5.97 Å². The number of nitrogens with zero attached hydrogens (tertiary/aromatic N) is 4. The molecule has 0 aromatic carbocycles. The number of rotatable bonds is 9. The maximum atomic E-state index is 10.8. The Balaban J connectivity index is 2.25. The summed E-state index contributed by atoms with van der Waals surface area (Å²) < 4.78 is 0. The summed E-state index contributed by atoms with van der Waals surface area (Å²) in [6, 6.07) is 0. The maximum absolute atomic E-state index is 10.8. The van der Waals surface area contributed by atoms with Crippen LogP contribution in [0.1, 0.15) is 38.5 Å². The topological polar surface area (TPSA) is 89.3 Å². The molecule has 1 fully saturated rings. The Morgan fingerprint density at radius 1 is 1.39 bits per heavy atom. The van der Waals surface area contributed by atoms with E-state index in [9.17, 15) is 4.79 Å². The summed E-state index contributed by atoms with van der Waals surface area (Å²) in [5.74, 6) is -0.0930. The second-order valence-corrected chi connectivity index (χ2v) is 4.94. The smallest absolute Gasteiger partial charge is 0.317 e. The van der Waals surface area contributed by atoms with Crippen molar-refractivity contribution in [2.24, 2.45) is 11.0 Å². The Hall–Kier alpha value is -1.26. The van der Waals surface area contributed by atoms with Gasteiger partial charge in [-0.2, -0.15) is 0 Å². The van der Waals surface area contributed by atoms with Crippen molar-refractivity contribution in [2.45, 2.75) is 38.5 Å². The number of unbranched alkanes of at least 4 members (excludes halogenated alkanes) is 1. The van der Waals surface area contributed by atoms with E-state index in [1.165, 1.54) is 25.7 Å². The van der Waals surface area contributed by atoms with E-state index in [1.54, 1.807) is 0 Å². The standard InChI is InChI=1S/C12H22N4O2/c13-15-14-7-3-4-8-16(10-12(17)18)9-11-5-1-2-6-11/h11H,1-10H2,(H,17,18). The molecule has 1 saturated carbocycles. The van der Waals surface area contributed by atoms with Crippen LogP contribution < -0.4 is 0 Å². The van der Waals surface area contributed by atoms with Gasteiger partial charge in [0.25, 0.3) is 0 Å². The molecule has 0 aromatic rings. The van der Waals surface area contributed by atoms with Gasteiger partial charge in [0.1, 0.15) is 0 Å². The lowest BCUT2D eigenvalue weighted by molar-refractivity contribution is -0.138. The summed E-state index contributed by atoms with van der Waals surface area (Å²) in [4.78, 5) is 15.5. The molecule has 18 heavy (non-hydrogen) atoms. The molecule has 0 atom stereocenters. The zero-order chi connectivity index (χ0) is 13.2. The van der Waals surface area contributed by atoms with E-state index in [0.29, 0.717) is 12.5 Å². The molecule has 0 aliphatic heterocycles. The normalized spacial score (nSPS) is 15.8. The first-order chi connectivity index (χ1) is 8.72. The van der Waals surface area contributed by atoms with E-state index in [-0.39, 0.29) is 6.54 Å². The fraction of sp³-hybridized carbons (Fsp3) is 0.917. The predicted octanol–water partition coefficient (Wildman–Crippen LogP) is 2.65. The summed E-state index contributed by atoms with van der Waals surface area (Å²) in [5.41, 5.74) is 8.15. The lowest BCUT2D eigenvalue weighted by atomic mass is 10.1. The lowest BCUT2D eigenvalue weighted by Gasteiger charge is -2.23. The van der Waals surface area contributed by atoms with E-state index in [4.69, 9.17) is 10.6 Å². The van der Waals surface area contributed by atoms with Crippen LogP contribution in [0, 0.1) is 5.92 Å². The summed E-state index contributed by atoms with van der Waals surface area (Å²) in [6.45, 7) is 2.30. The number of hydrogen-bond donors (Lipinski definition) is 1. The molecule has 0 amide bonds. The van der Waals surface area contributed by atoms with E-state index in [1.807, 2.05) is 4.90 Å². The molecule has 6 nitrogen and oxygen atoms in total. The van der Waals surface area contributed by atoms with Gasteiger partial charge in [0, 0.05) is 18.0 Å². The molecule has 0 unspecified atom stereocenters. The fourth-order valence-electron chi connectivity index (χ4n) is 2.55. The zero-order valence-corrected chi connectivity index (χ0v) is 10.8. The van der Waals surface area contributed by atoms with Crippen molar-refractivity contribution in [1.29, 1.82) is 0 Å². The van der Waals surface area contributed by atoms with E-state index < -0.39 is 5.97 Å². The van der Waals surface area contributed by atoms with Crippen LogP contribution in [0.2, 0.25) is 0 Å². The molecule has 6 heteroatoms.